The smallest absolute Gasteiger partial charge is 0.271 e. The van der Waals surface area contributed by atoms with E-state index in [9.17, 15) is 4.79 Å². The van der Waals surface area contributed by atoms with Gasteiger partial charge in [0.25, 0.3) is 5.91 Å². The van der Waals surface area contributed by atoms with Crippen LogP contribution < -0.4 is 10.6 Å². The summed E-state index contributed by atoms with van der Waals surface area (Å²) in [5.74, 6) is 0.337. The molecule has 106 valence electrons. The van der Waals surface area contributed by atoms with Crippen LogP contribution in [-0.4, -0.2) is 34.3 Å². The number of anilines is 1. The van der Waals surface area contributed by atoms with Crippen molar-refractivity contribution in [1.29, 1.82) is 0 Å². The number of nitrogens with zero attached hydrogens (tertiary/aromatic N) is 3. The predicted octanol–water partition coefficient (Wildman–Crippen LogP) is 1.79. The zero-order valence-electron chi connectivity index (χ0n) is 11.1. The first kappa shape index (κ1) is 14.3. The van der Waals surface area contributed by atoms with Crippen LogP contribution in [0.4, 0.5) is 5.82 Å². The molecule has 7 heteroatoms. The van der Waals surface area contributed by atoms with Crippen molar-refractivity contribution in [2.75, 3.05) is 18.9 Å². The van der Waals surface area contributed by atoms with E-state index in [-0.39, 0.29) is 11.6 Å². The Morgan fingerprint density at radius 2 is 2.30 bits per heavy atom. The van der Waals surface area contributed by atoms with Crippen molar-refractivity contribution in [2.24, 2.45) is 0 Å². The van der Waals surface area contributed by atoms with E-state index in [0.717, 1.165) is 13.0 Å². The molecule has 0 aliphatic carbocycles. The predicted molar refractivity (Wildman–Crippen MR) is 78.0 cm³/mol. The Bertz CT molecular complexity index is 570. The fourth-order valence-electron chi connectivity index (χ4n) is 1.70. The second-order valence-corrected chi connectivity index (χ2v) is 4.56. The van der Waals surface area contributed by atoms with Gasteiger partial charge in [-0.1, -0.05) is 11.6 Å². The van der Waals surface area contributed by atoms with Gasteiger partial charge in [-0.2, -0.15) is 5.10 Å². The molecule has 0 aliphatic heterocycles. The molecule has 0 spiro atoms. The van der Waals surface area contributed by atoms with Crippen molar-refractivity contribution < 1.29 is 4.79 Å². The summed E-state index contributed by atoms with van der Waals surface area (Å²) in [5.41, 5.74) is 0.234. The highest BCUT2D eigenvalue weighted by Crippen LogP contribution is 2.16. The van der Waals surface area contributed by atoms with Gasteiger partial charge in [0.2, 0.25) is 0 Å². The highest BCUT2D eigenvalue weighted by molar-refractivity contribution is 6.33. The third-order valence-corrected chi connectivity index (χ3v) is 3.03. The van der Waals surface area contributed by atoms with E-state index in [1.54, 1.807) is 25.4 Å². The molecule has 2 rings (SSSR count). The number of nitrogens with one attached hydrogen (secondary N) is 2. The molecular formula is C13H16ClN5O. The number of carbonyl (C=O) groups excluding carboxylic acids is 1. The number of pyridine rings is 1. The quantitative estimate of drug-likeness (QED) is 0.797. The average molecular weight is 294 g/mol. The van der Waals surface area contributed by atoms with E-state index in [4.69, 9.17) is 11.6 Å². The molecule has 1 amide bonds. The first-order valence-electron chi connectivity index (χ1n) is 6.30. The molecule has 0 saturated heterocycles. The summed E-state index contributed by atoms with van der Waals surface area (Å²) in [6.07, 6.45) is 4.40. The first-order valence-corrected chi connectivity index (χ1v) is 6.68. The monoisotopic (exact) mass is 293 g/mol. The molecule has 20 heavy (non-hydrogen) atoms. The third kappa shape index (κ3) is 3.71. The Balaban J connectivity index is 1.85. The van der Waals surface area contributed by atoms with Gasteiger partial charge in [0.1, 0.15) is 11.5 Å². The Hall–Kier alpha value is -2.08. The van der Waals surface area contributed by atoms with Crippen LogP contribution in [0.15, 0.2) is 30.6 Å². The summed E-state index contributed by atoms with van der Waals surface area (Å²) < 4.78 is 1.82. The van der Waals surface area contributed by atoms with Gasteiger partial charge in [-0.25, -0.2) is 4.98 Å². The fraction of sp³-hybridized carbons (Fsp3) is 0.308. The Labute approximate surface area is 122 Å². The summed E-state index contributed by atoms with van der Waals surface area (Å²) in [5, 5.41) is 10.1. The molecule has 0 unspecified atom stereocenters. The van der Waals surface area contributed by atoms with Crippen LogP contribution in [0.2, 0.25) is 5.02 Å². The van der Waals surface area contributed by atoms with E-state index >= 15 is 0 Å². The highest BCUT2D eigenvalue weighted by Gasteiger charge is 2.12. The van der Waals surface area contributed by atoms with Crippen LogP contribution >= 0.6 is 11.6 Å². The minimum absolute atomic E-state index is 0.234. The molecule has 0 radical (unpaired) electrons. The molecule has 2 N–H and O–H groups in total. The lowest BCUT2D eigenvalue weighted by Crippen LogP contribution is -2.26. The molecule has 6 nitrogen and oxygen atoms in total. The summed E-state index contributed by atoms with van der Waals surface area (Å²) in [6, 6.07) is 5.24. The molecule has 2 heterocycles. The molecule has 0 bridgehead atoms. The number of hydrogen-bond acceptors (Lipinski definition) is 4. The summed E-state index contributed by atoms with van der Waals surface area (Å²) >= 11 is 5.98. The number of aromatic nitrogens is 3. The van der Waals surface area contributed by atoms with Gasteiger partial charge in [-0.15, -0.1) is 0 Å². The van der Waals surface area contributed by atoms with E-state index in [0.29, 0.717) is 17.4 Å². The molecule has 0 aliphatic rings. The Kier molecular flexibility index (Phi) is 4.95. The average Bonchev–Trinajstić information content (AvgIpc) is 2.97. The molecular weight excluding hydrogens is 278 g/mol. The highest BCUT2D eigenvalue weighted by atomic mass is 35.5. The lowest BCUT2D eigenvalue weighted by Gasteiger charge is -2.08. The zero-order chi connectivity index (χ0) is 14.4. The Morgan fingerprint density at radius 3 is 3.00 bits per heavy atom. The van der Waals surface area contributed by atoms with Crippen molar-refractivity contribution in [3.63, 3.8) is 0 Å². The second kappa shape index (κ2) is 6.91. The van der Waals surface area contributed by atoms with Crippen LogP contribution in [0.3, 0.4) is 0 Å². The van der Waals surface area contributed by atoms with Crippen molar-refractivity contribution in [2.45, 2.75) is 13.0 Å². The van der Waals surface area contributed by atoms with Gasteiger partial charge >= 0.3 is 0 Å². The molecule has 2 aromatic rings. The van der Waals surface area contributed by atoms with Crippen molar-refractivity contribution in [3.05, 3.63) is 41.3 Å². The maximum Gasteiger partial charge on any atom is 0.271 e. The molecule has 0 saturated carbocycles. The van der Waals surface area contributed by atoms with Gasteiger partial charge in [-0.3, -0.25) is 9.48 Å². The fourth-order valence-corrected chi connectivity index (χ4v) is 1.89. The van der Waals surface area contributed by atoms with Crippen LogP contribution in [0.5, 0.6) is 0 Å². The van der Waals surface area contributed by atoms with Crippen LogP contribution in [0.1, 0.15) is 16.9 Å². The topological polar surface area (TPSA) is 71.8 Å². The molecule has 0 aromatic carbocycles. The van der Waals surface area contributed by atoms with Crippen molar-refractivity contribution >= 4 is 23.3 Å². The van der Waals surface area contributed by atoms with Gasteiger partial charge in [0.15, 0.2) is 0 Å². The van der Waals surface area contributed by atoms with Gasteiger partial charge in [0, 0.05) is 32.5 Å². The first-order chi connectivity index (χ1) is 9.70. The molecule has 0 atom stereocenters. The van der Waals surface area contributed by atoms with Crippen LogP contribution in [-0.2, 0) is 6.54 Å². The SMILES string of the molecule is CNc1ccc(Cl)c(C(=O)NCCCn2cccn2)n1. The largest absolute Gasteiger partial charge is 0.373 e. The maximum absolute atomic E-state index is 12.0. The second-order valence-electron chi connectivity index (χ2n) is 4.16. The van der Waals surface area contributed by atoms with Crippen molar-refractivity contribution in [1.82, 2.24) is 20.1 Å². The lowest BCUT2D eigenvalue weighted by molar-refractivity contribution is 0.0948. The number of rotatable bonds is 6. The summed E-state index contributed by atoms with van der Waals surface area (Å²) in [6.45, 7) is 1.30. The zero-order valence-corrected chi connectivity index (χ0v) is 11.9. The molecule has 0 fully saturated rings. The minimum Gasteiger partial charge on any atom is -0.373 e. The van der Waals surface area contributed by atoms with Gasteiger partial charge in [0.05, 0.1) is 5.02 Å². The minimum atomic E-state index is -0.271. The molecule has 2 aromatic heterocycles. The lowest BCUT2D eigenvalue weighted by atomic mass is 10.3. The number of amides is 1. The third-order valence-electron chi connectivity index (χ3n) is 2.73. The van der Waals surface area contributed by atoms with Crippen molar-refractivity contribution in [3.8, 4) is 0 Å². The number of aryl methyl sites for hydroxylation is 1. The van der Waals surface area contributed by atoms with Crippen LogP contribution in [0.25, 0.3) is 0 Å². The normalized spacial score (nSPS) is 10.3. The standard InChI is InChI=1S/C13H16ClN5O/c1-15-11-5-4-10(14)12(18-11)13(20)16-6-2-8-19-9-3-7-17-19/h3-5,7,9H,2,6,8H2,1H3,(H,15,18)(H,16,20). The number of halogens is 1. The van der Waals surface area contributed by atoms with Gasteiger partial charge in [-0.05, 0) is 24.6 Å². The van der Waals surface area contributed by atoms with E-state index in [2.05, 4.69) is 20.7 Å². The number of hydrogen-bond donors (Lipinski definition) is 2. The number of carbonyl (C=O) groups is 1. The van der Waals surface area contributed by atoms with Gasteiger partial charge < -0.3 is 10.6 Å². The van der Waals surface area contributed by atoms with E-state index in [1.807, 2.05) is 16.9 Å². The summed E-state index contributed by atoms with van der Waals surface area (Å²) in [4.78, 5) is 16.1. The van der Waals surface area contributed by atoms with Crippen LogP contribution in [0, 0.1) is 0 Å². The Morgan fingerprint density at radius 1 is 1.45 bits per heavy atom. The van der Waals surface area contributed by atoms with E-state index in [1.165, 1.54) is 0 Å². The maximum atomic E-state index is 12.0. The summed E-state index contributed by atoms with van der Waals surface area (Å²) in [7, 11) is 1.74. The van der Waals surface area contributed by atoms with E-state index < -0.39 is 0 Å².